The highest BCUT2D eigenvalue weighted by Crippen LogP contribution is 2.68. The van der Waals surface area contributed by atoms with E-state index in [1.807, 2.05) is 6.07 Å². The maximum absolute atomic E-state index is 10.9. The molecule has 6 nitrogen and oxygen atoms in total. The molecule has 4 fully saturated rings. The summed E-state index contributed by atoms with van der Waals surface area (Å²) in [5, 5.41) is 10.9. The first-order chi connectivity index (χ1) is 18.1. The minimum atomic E-state index is -0.677. The molecule has 2 saturated carbocycles. The molecule has 6 heteroatoms. The molecule has 196 valence electrons. The molecule has 2 aromatic carbocycles. The quantitative estimate of drug-likeness (QED) is 0.567. The van der Waals surface area contributed by atoms with Gasteiger partial charge in [-0.05, 0) is 68.2 Å². The largest absolute Gasteiger partial charge is 0.504 e. The maximum atomic E-state index is 10.9. The van der Waals surface area contributed by atoms with Crippen molar-refractivity contribution in [1.82, 2.24) is 4.90 Å². The van der Waals surface area contributed by atoms with E-state index in [1.165, 1.54) is 29.5 Å². The fraction of sp³-hybridized carbons (Fsp3) is 0.613. The SMILES string of the molecule is Oc1ccc2c3c1O[C@H]1CC4(C[C@@]5(OCCCc6ccccc6)C(C2)N(CC2CC2)CC[C@]315)OCCO4. The lowest BCUT2D eigenvalue weighted by atomic mass is 9.48. The third kappa shape index (κ3) is 3.25. The third-order valence-electron chi connectivity index (χ3n) is 10.3. The number of aryl methyl sites for hydroxylation is 1. The molecule has 3 heterocycles. The van der Waals surface area contributed by atoms with E-state index in [4.69, 9.17) is 18.9 Å². The smallest absolute Gasteiger partial charge is 0.174 e. The summed E-state index contributed by atoms with van der Waals surface area (Å²) >= 11 is 0. The van der Waals surface area contributed by atoms with Gasteiger partial charge in [0.1, 0.15) is 11.7 Å². The van der Waals surface area contributed by atoms with E-state index in [0.29, 0.717) is 32.0 Å². The van der Waals surface area contributed by atoms with Crippen molar-refractivity contribution in [2.24, 2.45) is 5.92 Å². The summed E-state index contributed by atoms with van der Waals surface area (Å²) < 4.78 is 26.8. The lowest BCUT2D eigenvalue weighted by Gasteiger charge is -2.66. The van der Waals surface area contributed by atoms with Gasteiger partial charge in [0.25, 0.3) is 0 Å². The van der Waals surface area contributed by atoms with E-state index in [9.17, 15) is 5.11 Å². The number of hydrogen-bond donors (Lipinski definition) is 1. The normalized spacial score (nSPS) is 34.9. The second-order valence-electron chi connectivity index (χ2n) is 12.2. The summed E-state index contributed by atoms with van der Waals surface area (Å²) in [6.07, 6.45) is 7.85. The Morgan fingerprint density at radius 3 is 2.70 bits per heavy atom. The van der Waals surface area contributed by atoms with Crippen LogP contribution in [0.2, 0.25) is 0 Å². The highest BCUT2D eigenvalue weighted by Gasteiger charge is 2.76. The lowest BCUT2D eigenvalue weighted by Crippen LogP contribution is -2.79. The topological polar surface area (TPSA) is 60.4 Å². The van der Waals surface area contributed by atoms with Crippen LogP contribution in [0.3, 0.4) is 0 Å². The van der Waals surface area contributed by atoms with Crippen LogP contribution >= 0.6 is 0 Å². The Hall–Kier alpha value is -2.12. The van der Waals surface area contributed by atoms with Crippen LogP contribution < -0.4 is 4.74 Å². The Bertz CT molecular complexity index is 1190. The minimum absolute atomic E-state index is 0.124. The van der Waals surface area contributed by atoms with Crippen LogP contribution in [0.15, 0.2) is 42.5 Å². The number of phenolic OH excluding ortho intramolecular Hbond substituents is 1. The van der Waals surface area contributed by atoms with Gasteiger partial charge in [0.15, 0.2) is 17.3 Å². The highest BCUT2D eigenvalue weighted by molar-refractivity contribution is 5.62. The number of benzene rings is 2. The fourth-order valence-corrected chi connectivity index (χ4v) is 8.61. The number of likely N-dealkylation sites (tertiary alicyclic amines) is 1. The van der Waals surface area contributed by atoms with Crippen LogP contribution in [0.5, 0.6) is 11.5 Å². The number of phenols is 1. The number of hydrogen-bond acceptors (Lipinski definition) is 6. The van der Waals surface area contributed by atoms with Crippen molar-refractivity contribution in [2.45, 2.75) is 80.3 Å². The van der Waals surface area contributed by atoms with E-state index in [-0.39, 0.29) is 23.3 Å². The van der Waals surface area contributed by atoms with E-state index < -0.39 is 11.4 Å². The molecule has 8 rings (SSSR count). The highest BCUT2D eigenvalue weighted by atomic mass is 16.7. The summed E-state index contributed by atoms with van der Waals surface area (Å²) in [4.78, 5) is 2.74. The summed E-state index contributed by atoms with van der Waals surface area (Å²) in [6, 6.07) is 14.9. The van der Waals surface area contributed by atoms with Gasteiger partial charge >= 0.3 is 0 Å². The zero-order valence-electron chi connectivity index (χ0n) is 21.5. The predicted molar refractivity (Wildman–Crippen MR) is 138 cm³/mol. The Kier molecular flexibility index (Phi) is 5.05. The van der Waals surface area contributed by atoms with Crippen LogP contribution in [0.1, 0.15) is 55.2 Å². The first kappa shape index (κ1) is 22.8. The van der Waals surface area contributed by atoms with E-state index >= 15 is 0 Å². The van der Waals surface area contributed by atoms with Crippen LogP contribution in [0.25, 0.3) is 0 Å². The molecular formula is C31H37NO5. The lowest BCUT2D eigenvalue weighted by molar-refractivity contribution is -0.298. The molecule has 1 N–H and O–H groups in total. The molecule has 2 saturated heterocycles. The van der Waals surface area contributed by atoms with Crippen molar-refractivity contribution >= 4 is 0 Å². The van der Waals surface area contributed by atoms with Gasteiger partial charge in [-0.1, -0.05) is 36.4 Å². The molecular weight excluding hydrogens is 466 g/mol. The Morgan fingerprint density at radius 1 is 1.05 bits per heavy atom. The third-order valence-corrected chi connectivity index (χ3v) is 10.3. The van der Waals surface area contributed by atoms with Crippen molar-refractivity contribution in [3.63, 3.8) is 0 Å². The summed E-state index contributed by atoms with van der Waals surface area (Å²) in [6.45, 7) is 4.12. The van der Waals surface area contributed by atoms with Gasteiger partial charge in [-0.3, -0.25) is 4.90 Å². The van der Waals surface area contributed by atoms with E-state index in [1.54, 1.807) is 0 Å². The van der Waals surface area contributed by atoms with Crippen molar-refractivity contribution < 1.29 is 24.1 Å². The fourth-order valence-electron chi connectivity index (χ4n) is 8.61. The van der Waals surface area contributed by atoms with Crippen LogP contribution in [0.4, 0.5) is 0 Å². The molecule has 2 bridgehead atoms. The van der Waals surface area contributed by atoms with Gasteiger partial charge < -0.3 is 24.1 Å². The minimum Gasteiger partial charge on any atom is -0.504 e. The molecule has 0 radical (unpaired) electrons. The maximum Gasteiger partial charge on any atom is 0.174 e. The van der Waals surface area contributed by atoms with Crippen LogP contribution in [-0.4, -0.2) is 66.5 Å². The molecule has 2 spiro atoms. The molecule has 3 aliphatic carbocycles. The van der Waals surface area contributed by atoms with E-state index in [0.717, 1.165) is 51.1 Å². The zero-order valence-corrected chi connectivity index (χ0v) is 21.5. The first-order valence-corrected chi connectivity index (χ1v) is 14.3. The number of piperidine rings is 1. The summed E-state index contributed by atoms with van der Waals surface area (Å²) in [5.41, 5.74) is 3.13. The van der Waals surface area contributed by atoms with Crippen molar-refractivity contribution in [3.8, 4) is 11.5 Å². The standard InChI is InChI=1S/C31H37NO5/c33-24-11-10-23-17-25-31(36-14-4-7-21-5-2-1-3-6-21)20-29(34-15-16-35-29)18-26-30(31,27(23)28(24)37-26)12-13-32(25)19-22-8-9-22/h1-3,5-6,10-11,22,25-26,33H,4,7-9,12-20H2/t25?,26-,30+,31+/m0/s1. The molecule has 37 heavy (non-hydrogen) atoms. The second kappa shape index (κ2) is 8.19. The second-order valence-corrected chi connectivity index (χ2v) is 12.2. The molecule has 1 unspecified atom stereocenters. The molecule has 3 aliphatic heterocycles. The van der Waals surface area contributed by atoms with Crippen LogP contribution in [0, 0.1) is 5.92 Å². The number of ether oxygens (including phenoxy) is 4. The van der Waals surface area contributed by atoms with Crippen molar-refractivity contribution in [3.05, 3.63) is 59.2 Å². The molecule has 0 aromatic heterocycles. The average Bonchev–Trinajstić information content (AvgIpc) is 3.51. The van der Waals surface area contributed by atoms with Gasteiger partial charge in [-0.25, -0.2) is 0 Å². The molecule has 4 atom stereocenters. The molecule has 6 aliphatic rings. The van der Waals surface area contributed by atoms with Gasteiger partial charge in [0, 0.05) is 37.6 Å². The zero-order chi connectivity index (χ0) is 24.7. The van der Waals surface area contributed by atoms with Gasteiger partial charge in [0.2, 0.25) is 0 Å². The number of nitrogens with zero attached hydrogens (tertiary/aromatic N) is 1. The molecule has 2 aromatic rings. The Labute approximate surface area is 218 Å². The average molecular weight is 504 g/mol. The monoisotopic (exact) mass is 503 g/mol. The van der Waals surface area contributed by atoms with Crippen LogP contribution in [-0.2, 0) is 32.5 Å². The van der Waals surface area contributed by atoms with Crippen molar-refractivity contribution in [1.29, 1.82) is 0 Å². The van der Waals surface area contributed by atoms with Gasteiger partial charge in [0.05, 0.1) is 18.6 Å². The first-order valence-electron chi connectivity index (χ1n) is 14.3. The summed E-state index contributed by atoms with van der Waals surface area (Å²) in [5.74, 6) is 1.07. The number of aromatic hydroxyl groups is 1. The Morgan fingerprint density at radius 2 is 1.89 bits per heavy atom. The Balaban J connectivity index is 1.22. The summed E-state index contributed by atoms with van der Waals surface area (Å²) in [7, 11) is 0. The van der Waals surface area contributed by atoms with E-state index in [2.05, 4.69) is 41.3 Å². The predicted octanol–water partition coefficient (Wildman–Crippen LogP) is 4.36. The van der Waals surface area contributed by atoms with Gasteiger partial charge in [-0.2, -0.15) is 0 Å². The van der Waals surface area contributed by atoms with Crippen molar-refractivity contribution in [2.75, 3.05) is 32.9 Å². The van der Waals surface area contributed by atoms with Gasteiger partial charge in [-0.15, -0.1) is 0 Å². The number of rotatable bonds is 7. The molecule has 0 amide bonds.